The molecule has 262 valence electrons. The average Bonchev–Trinajstić information content (AvgIpc) is 4.02. The molecule has 4 aromatic rings. The molecule has 8 rings (SSSR count). The van der Waals surface area contributed by atoms with E-state index >= 15 is 0 Å². The van der Waals surface area contributed by atoms with Crippen LogP contribution in [-0.4, -0.2) is 71.6 Å². The van der Waals surface area contributed by atoms with Crippen LogP contribution < -0.4 is 5.32 Å². The lowest BCUT2D eigenvalue weighted by molar-refractivity contribution is -0.139. The minimum atomic E-state index is -0.637. The minimum absolute atomic E-state index is 0.0104. The first-order chi connectivity index (χ1) is 24.6. The van der Waals surface area contributed by atoms with Crippen LogP contribution in [0.5, 0.6) is 0 Å². The predicted octanol–water partition coefficient (Wildman–Crippen LogP) is 5.16. The van der Waals surface area contributed by atoms with Gasteiger partial charge in [0.2, 0.25) is 11.8 Å². The van der Waals surface area contributed by atoms with Crippen LogP contribution in [0.15, 0.2) is 48.8 Å². The summed E-state index contributed by atoms with van der Waals surface area (Å²) in [6.07, 6.45) is 13.7. The Hall–Kier alpha value is -5.06. The van der Waals surface area contributed by atoms with E-state index in [0.717, 1.165) is 64.8 Å². The number of ketones is 2. The van der Waals surface area contributed by atoms with Gasteiger partial charge in [0.15, 0.2) is 11.6 Å². The van der Waals surface area contributed by atoms with Gasteiger partial charge >= 0.3 is 0 Å². The van der Waals surface area contributed by atoms with Crippen LogP contribution in [0.1, 0.15) is 96.6 Å². The van der Waals surface area contributed by atoms with Crippen molar-refractivity contribution in [1.29, 1.82) is 0 Å². The van der Waals surface area contributed by atoms with Gasteiger partial charge in [-0.15, -0.1) is 0 Å². The van der Waals surface area contributed by atoms with E-state index < -0.39 is 6.04 Å². The lowest BCUT2D eigenvalue weighted by Crippen LogP contribution is -2.45. The van der Waals surface area contributed by atoms with Crippen molar-refractivity contribution in [3.8, 4) is 11.1 Å². The number of aromatic nitrogens is 5. The second kappa shape index (κ2) is 12.9. The monoisotopic (exact) mass is 685 g/mol. The largest absolute Gasteiger partial charge is 0.355 e. The zero-order valence-corrected chi connectivity index (χ0v) is 29.4. The standard InChI is InChI=1S/C40H43N7O4/c1-23-10-13-31(26-11-12-26)44-32(23)16-34(49)33-17-40-18-35(40)47(33)37(51)21-46-39-27(8-6-4-5-7-9-36(50)43-22-40)14-28(29-19-41-25(3)42-20-29)15-30(39)38(45-46)24(2)48/h4,6,10,13-15,19-20,26,33,35H,5,7-9,11-12,16-18,21-22H2,1-3H3,(H,43,50)/b6-4+/t33?,35-,40+/m1/s1. The highest BCUT2D eigenvalue weighted by Gasteiger charge is 2.66. The number of nitrogens with one attached hydrogen (secondary N) is 1. The number of carbonyl (C=O) groups excluding carboxylic acids is 4. The third kappa shape index (κ3) is 6.38. The molecule has 2 amide bonds. The predicted molar refractivity (Wildman–Crippen MR) is 191 cm³/mol. The molecule has 3 aromatic heterocycles. The van der Waals surface area contributed by atoms with Gasteiger partial charge < -0.3 is 10.2 Å². The SMILES string of the molecule is CC(=O)c1nn2c3c(cc(-c4cnc(C)nc4)cc13)C/C=C/CCCC(=O)NC[C@@]13CC(C(=O)Cc4nc(C5CC5)ccc4C)N(C(=O)C2)[C@@H]1C3. The zero-order valence-electron chi connectivity index (χ0n) is 29.4. The first kappa shape index (κ1) is 33.1. The lowest BCUT2D eigenvalue weighted by atomic mass is 9.94. The Kier molecular flexibility index (Phi) is 8.39. The molecule has 3 atom stereocenters. The Morgan fingerprint density at radius 2 is 1.82 bits per heavy atom. The number of allylic oxidation sites excluding steroid dienone is 2. The molecule has 0 spiro atoms. The Bertz CT molecular complexity index is 2110. The molecular formula is C40H43N7O4. The minimum Gasteiger partial charge on any atom is -0.355 e. The maximum Gasteiger partial charge on any atom is 0.245 e. The van der Waals surface area contributed by atoms with Crippen LogP contribution in [0.3, 0.4) is 0 Å². The van der Waals surface area contributed by atoms with Crippen LogP contribution in [0.2, 0.25) is 0 Å². The summed E-state index contributed by atoms with van der Waals surface area (Å²) in [6.45, 7) is 5.61. The molecule has 0 radical (unpaired) electrons. The van der Waals surface area contributed by atoms with Crippen molar-refractivity contribution in [2.75, 3.05) is 6.54 Å². The van der Waals surface area contributed by atoms with Crippen molar-refractivity contribution >= 4 is 34.3 Å². The highest BCUT2D eigenvalue weighted by atomic mass is 16.2. The van der Waals surface area contributed by atoms with Crippen LogP contribution in [0.25, 0.3) is 22.0 Å². The molecule has 2 aliphatic heterocycles. The molecule has 1 unspecified atom stereocenters. The molecular weight excluding hydrogens is 642 g/mol. The number of piperidine rings is 1. The number of pyridine rings is 1. The van der Waals surface area contributed by atoms with E-state index in [9.17, 15) is 19.2 Å². The van der Waals surface area contributed by atoms with Crippen molar-refractivity contribution in [1.82, 2.24) is 34.9 Å². The highest BCUT2D eigenvalue weighted by Crippen LogP contribution is 2.59. The summed E-state index contributed by atoms with van der Waals surface area (Å²) in [4.78, 5) is 70.1. The first-order valence-electron chi connectivity index (χ1n) is 18.2. The van der Waals surface area contributed by atoms with E-state index in [1.807, 2.05) is 32.0 Å². The number of benzene rings is 1. The molecule has 5 heterocycles. The number of aryl methyl sites for hydroxylation is 2. The van der Waals surface area contributed by atoms with Crippen molar-refractivity contribution in [2.45, 2.75) is 103 Å². The van der Waals surface area contributed by atoms with Gasteiger partial charge in [-0.05, 0) is 93.7 Å². The second-order valence-electron chi connectivity index (χ2n) is 15.0. The van der Waals surface area contributed by atoms with Gasteiger partial charge in [-0.2, -0.15) is 5.10 Å². The van der Waals surface area contributed by atoms with Crippen molar-refractivity contribution in [2.24, 2.45) is 5.41 Å². The molecule has 11 heteroatoms. The Morgan fingerprint density at radius 3 is 2.59 bits per heavy atom. The zero-order chi connectivity index (χ0) is 35.4. The number of rotatable bonds is 6. The van der Waals surface area contributed by atoms with Gasteiger partial charge in [0.05, 0.1) is 23.7 Å². The van der Waals surface area contributed by atoms with E-state index in [4.69, 9.17) is 10.1 Å². The Balaban J connectivity index is 1.18. The van der Waals surface area contributed by atoms with Gasteiger partial charge in [0.1, 0.15) is 18.1 Å². The average molecular weight is 686 g/mol. The van der Waals surface area contributed by atoms with Crippen LogP contribution >= 0.6 is 0 Å². The van der Waals surface area contributed by atoms with Crippen molar-refractivity contribution in [3.63, 3.8) is 0 Å². The summed E-state index contributed by atoms with van der Waals surface area (Å²) < 4.78 is 1.65. The molecule has 1 saturated heterocycles. The summed E-state index contributed by atoms with van der Waals surface area (Å²) in [7, 11) is 0. The van der Waals surface area contributed by atoms with E-state index in [1.54, 1.807) is 22.0 Å². The maximum atomic E-state index is 14.5. The summed E-state index contributed by atoms with van der Waals surface area (Å²) >= 11 is 0. The normalized spacial score (nSPS) is 24.2. The van der Waals surface area contributed by atoms with Gasteiger partial charge in [-0.25, -0.2) is 9.97 Å². The van der Waals surface area contributed by atoms with Gasteiger partial charge in [-0.3, -0.25) is 28.8 Å². The number of carbonyl (C=O) groups is 4. The number of amides is 2. The van der Waals surface area contributed by atoms with E-state index in [0.29, 0.717) is 55.1 Å². The van der Waals surface area contributed by atoms with Crippen LogP contribution in [0.4, 0.5) is 0 Å². The quantitative estimate of drug-likeness (QED) is 0.217. The third-order valence-electron chi connectivity index (χ3n) is 11.2. The van der Waals surface area contributed by atoms with Crippen molar-refractivity contribution in [3.05, 3.63) is 82.8 Å². The van der Waals surface area contributed by atoms with E-state index in [1.165, 1.54) is 6.92 Å². The number of hydrogen-bond acceptors (Lipinski definition) is 8. The molecule has 2 aliphatic carbocycles. The topological polar surface area (TPSA) is 140 Å². The summed E-state index contributed by atoms with van der Waals surface area (Å²) in [5, 5.41) is 8.55. The first-order valence-corrected chi connectivity index (χ1v) is 18.2. The summed E-state index contributed by atoms with van der Waals surface area (Å²) in [5.74, 6) is 0.659. The van der Waals surface area contributed by atoms with Gasteiger partial charge in [0.25, 0.3) is 0 Å². The number of nitrogens with zero attached hydrogens (tertiary/aromatic N) is 6. The third-order valence-corrected chi connectivity index (χ3v) is 11.2. The Morgan fingerprint density at radius 1 is 1.02 bits per heavy atom. The van der Waals surface area contributed by atoms with E-state index in [-0.39, 0.29) is 47.8 Å². The lowest BCUT2D eigenvalue weighted by Gasteiger charge is -2.27. The molecule has 1 N–H and O–H groups in total. The summed E-state index contributed by atoms with van der Waals surface area (Å²) in [5.41, 5.74) is 6.01. The smallest absolute Gasteiger partial charge is 0.245 e. The fraction of sp³-hybridized carbons (Fsp3) is 0.450. The molecule has 4 aliphatic rings. The fourth-order valence-electron chi connectivity index (χ4n) is 8.10. The molecule has 1 aromatic carbocycles. The van der Waals surface area contributed by atoms with E-state index in [2.05, 4.69) is 33.5 Å². The fourth-order valence-corrected chi connectivity index (χ4v) is 8.10. The van der Waals surface area contributed by atoms with Crippen LogP contribution in [-0.2, 0) is 33.8 Å². The second-order valence-corrected chi connectivity index (χ2v) is 15.0. The molecule has 2 bridgehead atoms. The maximum absolute atomic E-state index is 14.5. The molecule has 2 saturated carbocycles. The molecule has 11 nitrogen and oxygen atoms in total. The van der Waals surface area contributed by atoms with Crippen molar-refractivity contribution < 1.29 is 19.2 Å². The number of Topliss-reactive ketones (excluding diaryl/α,β-unsaturated/α-hetero) is 2. The Labute approximate surface area is 296 Å². The molecule has 51 heavy (non-hydrogen) atoms. The van der Waals surface area contributed by atoms with Crippen LogP contribution in [0, 0.1) is 19.3 Å². The number of hydrogen-bond donors (Lipinski definition) is 1. The van der Waals surface area contributed by atoms with Gasteiger partial charge in [0, 0.05) is 66.3 Å². The highest BCUT2D eigenvalue weighted by molar-refractivity contribution is 6.07. The molecule has 3 fully saturated rings. The summed E-state index contributed by atoms with van der Waals surface area (Å²) in [6, 6.07) is 7.29. The van der Waals surface area contributed by atoms with Gasteiger partial charge in [-0.1, -0.05) is 18.2 Å².